The van der Waals surface area contributed by atoms with Gasteiger partial charge in [0, 0.05) is 0 Å². The van der Waals surface area contributed by atoms with Crippen molar-refractivity contribution < 1.29 is 19.1 Å². The molecule has 1 aliphatic carbocycles. The molecule has 0 N–H and O–H groups in total. The fourth-order valence-corrected chi connectivity index (χ4v) is 3.30. The van der Waals surface area contributed by atoms with Crippen LogP contribution >= 0.6 is 0 Å². The number of aryl methyl sites for hydroxylation is 1. The zero-order valence-electron chi connectivity index (χ0n) is 13.1. The van der Waals surface area contributed by atoms with Crippen LogP contribution in [0.2, 0.25) is 0 Å². The van der Waals surface area contributed by atoms with Gasteiger partial charge < -0.3 is 9.47 Å². The number of Topliss-reactive ketones (excluding diaryl/α,β-unsaturated/α-hetero) is 1. The van der Waals surface area contributed by atoms with Gasteiger partial charge in [0.25, 0.3) is 0 Å². The number of methoxy groups -OCH3 is 2. The Balaban J connectivity index is 2.45. The molecule has 2 atom stereocenters. The summed E-state index contributed by atoms with van der Waals surface area (Å²) in [5, 5.41) is 0. The van der Waals surface area contributed by atoms with Gasteiger partial charge in [-0.1, -0.05) is 6.92 Å². The van der Waals surface area contributed by atoms with Crippen LogP contribution in [0.15, 0.2) is 12.1 Å². The molecule has 1 aromatic carbocycles. The molecule has 0 spiro atoms. The van der Waals surface area contributed by atoms with Gasteiger partial charge >= 0.3 is 5.97 Å². The molecule has 2 rings (SSSR count). The van der Waals surface area contributed by atoms with Crippen LogP contribution < -0.4 is 4.74 Å². The van der Waals surface area contributed by atoms with Gasteiger partial charge in [0.1, 0.15) is 5.75 Å². The fourth-order valence-electron chi connectivity index (χ4n) is 3.30. The first-order chi connectivity index (χ1) is 10.0. The largest absolute Gasteiger partial charge is 0.496 e. The van der Waals surface area contributed by atoms with Gasteiger partial charge in [0.2, 0.25) is 0 Å². The Hall–Kier alpha value is -1.84. The van der Waals surface area contributed by atoms with Crippen LogP contribution in [-0.4, -0.2) is 26.0 Å². The number of esters is 1. The van der Waals surface area contributed by atoms with E-state index < -0.39 is 0 Å². The zero-order chi connectivity index (χ0) is 15.6. The quantitative estimate of drug-likeness (QED) is 0.617. The molecule has 0 saturated carbocycles. The van der Waals surface area contributed by atoms with Crippen molar-refractivity contribution in [1.29, 1.82) is 0 Å². The fraction of sp³-hybridized carbons (Fsp3) is 0.529. The molecule has 0 bridgehead atoms. The minimum atomic E-state index is -0.171. The predicted octanol–water partition coefficient (Wildman–Crippen LogP) is 3.13. The van der Waals surface area contributed by atoms with Crippen LogP contribution in [0.3, 0.4) is 0 Å². The van der Waals surface area contributed by atoms with E-state index in [9.17, 15) is 9.59 Å². The second-order valence-corrected chi connectivity index (χ2v) is 5.49. The first-order valence-corrected chi connectivity index (χ1v) is 7.33. The number of hydrogen-bond acceptors (Lipinski definition) is 4. The number of ketones is 1. The Labute approximate surface area is 125 Å². The van der Waals surface area contributed by atoms with E-state index in [2.05, 4.69) is 0 Å². The minimum absolute atomic E-state index is 0.0218. The van der Waals surface area contributed by atoms with Gasteiger partial charge in [-0.3, -0.25) is 9.59 Å². The molecule has 2 unspecified atom stereocenters. The molecule has 4 heteroatoms. The van der Waals surface area contributed by atoms with E-state index >= 15 is 0 Å². The molecule has 0 aliphatic heterocycles. The van der Waals surface area contributed by atoms with Crippen molar-refractivity contribution in [2.45, 2.75) is 39.0 Å². The maximum absolute atomic E-state index is 12.0. The lowest BCUT2D eigenvalue weighted by Crippen LogP contribution is -2.22. The highest BCUT2D eigenvalue weighted by atomic mass is 16.5. The number of fused-ring (bicyclic) bond motifs is 1. The van der Waals surface area contributed by atoms with Crippen molar-refractivity contribution in [2.24, 2.45) is 5.92 Å². The summed E-state index contributed by atoms with van der Waals surface area (Å²) in [6, 6.07) is 3.84. The highest BCUT2D eigenvalue weighted by molar-refractivity contribution is 5.97. The lowest BCUT2D eigenvalue weighted by molar-refractivity contribution is -0.146. The third-order valence-electron chi connectivity index (χ3n) is 4.39. The number of benzene rings is 1. The van der Waals surface area contributed by atoms with E-state index in [0.717, 1.165) is 24.8 Å². The smallest absolute Gasteiger partial charge is 0.309 e. The van der Waals surface area contributed by atoms with E-state index in [4.69, 9.17) is 9.47 Å². The summed E-state index contributed by atoms with van der Waals surface area (Å²) >= 11 is 0. The number of carbonyl (C=O) groups excluding carboxylic acids is 2. The van der Waals surface area contributed by atoms with Gasteiger partial charge in [-0.05, 0) is 55.4 Å². The van der Waals surface area contributed by atoms with Crippen LogP contribution in [-0.2, 0) is 16.0 Å². The molecule has 0 aromatic heterocycles. The number of rotatable bonds is 5. The number of carbonyl (C=O) groups is 2. The Bertz CT molecular complexity index is 562. The SMILES string of the molecule is CCC(C(=O)OC)C1CCc2cc(OC)c(C(C)=O)cc21. The van der Waals surface area contributed by atoms with Crippen molar-refractivity contribution in [3.05, 3.63) is 28.8 Å². The summed E-state index contributed by atoms with van der Waals surface area (Å²) in [4.78, 5) is 23.8. The van der Waals surface area contributed by atoms with Gasteiger partial charge in [0.15, 0.2) is 5.78 Å². The normalized spacial score (nSPS) is 18.0. The topological polar surface area (TPSA) is 52.6 Å². The second kappa shape index (κ2) is 6.29. The summed E-state index contributed by atoms with van der Waals surface area (Å²) in [5.74, 6) is 0.404. The first kappa shape index (κ1) is 15.5. The maximum atomic E-state index is 12.0. The summed E-state index contributed by atoms with van der Waals surface area (Å²) in [7, 11) is 3.00. The summed E-state index contributed by atoms with van der Waals surface area (Å²) in [5.41, 5.74) is 2.85. The van der Waals surface area contributed by atoms with Crippen molar-refractivity contribution >= 4 is 11.8 Å². The molecule has 114 valence electrons. The maximum Gasteiger partial charge on any atom is 0.309 e. The molecule has 0 radical (unpaired) electrons. The molecule has 21 heavy (non-hydrogen) atoms. The molecule has 1 aliphatic rings. The van der Waals surface area contributed by atoms with Crippen molar-refractivity contribution in [1.82, 2.24) is 0 Å². The summed E-state index contributed by atoms with van der Waals surface area (Å²) in [6.07, 6.45) is 2.55. The zero-order valence-corrected chi connectivity index (χ0v) is 13.1. The monoisotopic (exact) mass is 290 g/mol. The van der Waals surface area contributed by atoms with Crippen LogP contribution in [0.1, 0.15) is 54.1 Å². The minimum Gasteiger partial charge on any atom is -0.496 e. The highest BCUT2D eigenvalue weighted by Crippen LogP contribution is 2.42. The van der Waals surface area contributed by atoms with Gasteiger partial charge in [0.05, 0.1) is 25.7 Å². The Morgan fingerprint density at radius 3 is 2.57 bits per heavy atom. The van der Waals surface area contributed by atoms with Crippen molar-refractivity contribution in [3.63, 3.8) is 0 Å². The van der Waals surface area contributed by atoms with E-state index in [-0.39, 0.29) is 23.6 Å². The summed E-state index contributed by atoms with van der Waals surface area (Å²) < 4.78 is 10.2. The van der Waals surface area contributed by atoms with Gasteiger partial charge in [-0.25, -0.2) is 0 Å². The molecular formula is C17H22O4. The average molecular weight is 290 g/mol. The second-order valence-electron chi connectivity index (χ2n) is 5.49. The van der Waals surface area contributed by atoms with E-state index in [1.807, 2.05) is 19.1 Å². The third kappa shape index (κ3) is 2.80. The average Bonchev–Trinajstić information content (AvgIpc) is 2.89. The van der Waals surface area contributed by atoms with E-state index in [1.165, 1.54) is 19.6 Å². The van der Waals surface area contributed by atoms with Crippen LogP contribution in [0.25, 0.3) is 0 Å². The predicted molar refractivity (Wildman–Crippen MR) is 79.9 cm³/mol. The number of ether oxygens (including phenoxy) is 2. The van der Waals surface area contributed by atoms with Crippen molar-refractivity contribution in [3.8, 4) is 5.75 Å². The lowest BCUT2D eigenvalue weighted by atomic mass is 9.84. The van der Waals surface area contributed by atoms with E-state index in [1.54, 1.807) is 7.11 Å². The molecule has 0 saturated heterocycles. The van der Waals surface area contributed by atoms with Crippen LogP contribution in [0, 0.1) is 5.92 Å². The highest BCUT2D eigenvalue weighted by Gasteiger charge is 2.34. The van der Waals surface area contributed by atoms with Crippen molar-refractivity contribution in [2.75, 3.05) is 14.2 Å². The molecule has 0 fully saturated rings. The van der Waals surface area contributed by atoms with Gasteiger partial charge in [-0.15, -0.1) is 0 Å². The standard InChI is InChI=1S/C17H22O4/c1-5-12(17(19)21-4)13-7-6-11-8-16(20-3)14(10(2)18)9-15(11)13/h8-9,12-13H,5-7H2,1-4H3. The summed E-state index contributed by atoms with van der Waals surface area (Å²) in [6.45, 7) is 3.53. The Morgan fingerprint density at radius 1 is 1.33 bits per heavy atom. The molecule has 0 heterocycles. The lowest BCUT2D eigenvalue weighted by Gasteiger charge is -2.21. The third-order valence-corrected chi connectivity index (χ3v) is 4.39. The van der Waals surface area contributed by atoms with E-state index in [0.29, 0.717) is 11.3 Å². The Morgan fingerprint density at radius 2 is 2.05 bits per heavy atom. The Kier molecular flexibility index (Phi) is 4.66. The number of hydrogen-bond donors (Lipinski definition) is 0. The molecular weight excluding hydrogens is 268 g/mol. The molecule has 1 aromatic rings. The van der Waals surface area contributed by atoms with Gasteiger partial charge in [-0.2, -0.15) is 0 Å². The molecule has 4 nitrogen and oxygen atoms in total. The van der Waals surface area contributed by atoms with Crippen LogP contribution in [0.4, 0.5) is 0 Å². The van der Waals surface area contributed by atoms with Crippen LogP contribution in [0.5, 0.6) is 5.75 Å². The first-order valence-electron chi connectivity index (χ1n) is 7.33. The molecule has 0 amide bonds.